The second-order valence-electron chi connectivity index (χ2n) is 4.93. The normalized spacial score (nSPS) is 10.0. The molecule has 0 radical (unpaired) electrons. The lowest BCUT2D eigenvalue weighted by molar-refractivity contribution is -0.385. The number of nitro groups is 1. The van der Waals surface area contributed by atoms with Crippen LogP contribution in [-0.2, 0) is 9.53 Å². The Morgan fingerprint density at radius 3 is 2.56 bits per heavy atom. The maximum absolute atomic E-state index is 11.9. The van der Waals surface area contributed by atoms with Crippen molar-refractivity contribution in [2.75, 3.05) is 12.4 Å². The Labute approximate surface area is 143 Å². The average molecular weight is 344 g/mol. The van der Waals surface area contributed by atoms with Gasteiger partial charge in [-0.3, -0.25) is 14.9 Å². The topological polar surface area (TPSA) is 108 Å². The summed E-state index contributed by atoms with van der Waals surface area (Å²) in [7, 11) is 1.21. The zero-order valence-corrected chi connectivity index (χ0v) is 13.6. The van der Waals surface area contributed by atoms with Crippen LogP contribution in [0, 0.1) is 10.1 Å². The molecule has 2 rings (SSSR count). The number of benzene rings is 2. The van der Waals surface area contributed by atoms with Gasteiger partial charge in [-0.1, -0.05) is 19.1 Å². The van der Waals surface area contributed by atoms with Gasteiger partial charge in [0.15, 0.2) is 0 Å². The zero-order valence-electron chi connectivity index (χ0n) is 13.6. The summed E-state index contributed by atoms with van der Waals surface area (Å²) in [5, 5.41) is 13.6. The van der Waals surface area contributed by atoms with E-state index in [9.17, 15) is 19.7 Å². The van der Waals surface area contributed by atoms with E-state index in [1.807, 2.05) is 0 Å². The van der Waals surface area contributed by atoms with Crippen LogP contribution in [0.1, 0.15) is 23.7 Å². The SMILES string of the molecule is CCC(=O)Nc1ccc(Oc2ccccc2[N+](=O)[O-])cc1C(=O)OC. The highest BCUT2D eigenvalue weighted by Gasteiger charge is 2.18. The number of anilines is 1. The molecule has 0 fully saturated rings. The number of amides is 1. The molecule has 1 amide bonds. The van der Waals surface area contributed by atoms with Gasteiger partial charge in [-0.05, 0) is 24.3 Å². The van der Waals surface area contributed by atoms with Crippen molar-refractivity contribution < 1.29 is 24.0 Å². The molecule has 0 saturated carbocycles. The standard InChI is InChI=1S/C17H16N2O6/c1-3-16(20)18-13-9-8-11(10-12(13)17(21)24-2)25-15-7-5-4-6-14(15)19(22)23/h4-10H,3H2,1-2H3,(H,18,20). The minimum Gasteiger partial charge on any atom is -0.465 e. The lowest BCUT2D eigenvalue weighted by atomic mass is 10.1. The molecule has 0 aromatic heterocycles. The summed E-state index contributed by atoms with van der Waals surface area (Å²) in [6.07, 6.45) is 0.245. The largest absolute Gasteiger partial charge is 0.465 e. The van der Waals surface area contributed by atoms with Crippen molar-refractivity contribution in [3.63, 3.8) is 0 Å². The number of hydrogen-bond donors (Lipinski definition) is 1. The van der Waals surface area contributed by atoms with E-state index in [1.165, 1.54) is 43.5 Å². The molecule has 1 N–H and O–H groups in total. The van der Waals surface area contributed by atoms with E-state index in [4.69, 9.17) is 9.47 Å². The van der Waals surface area contributed by atoms with E-state index in [0.717, 1.165) is 0 Å². The van der Waals surface area contributed by atoms with E-state index in [0.29, 0.717) is 0 Å². The minimum atomic E-state index is -0.667. The highest BCUT2D eigenvalue weighted by atomic mass is 16.6. The van der Waals surface area contributed by atoms with Gasteiger partial charge in [-0.15, -0.1) is 0 Å². The number of methoxy groups -OCH3 is 1. The Morgan fingerprint density at radius 2 is 1.92 bits per heavy atom. The van der Waals surface area contributed by atoms with E-state index in [2.05, 4.69) is 5.32 Å². The fourth-order valence-corrected chi connectivity index (χ4v) is 2.03. The summed E-state index contributed by atoms with van der Waals surface area (Å²) in [4.78, 5) is 34.0. The van der Waals surface area contributed by atoms with Gasteiger partial charge in [0.05, 0.1) is 23.3 Å². The highest BCUT2D eigenvalue weighted by Crippen LogP contribution is 2.32. The number of carbonyl (C=O) groups excluding carboxylic acids is 2. The molecular formula is C17H16N2O6. The Morgan fingerprint density at radius 1 is 1.20 bits per heavy atom. The molecule has 0 heterocycles. The molecule has 8 nitrogen and oxygen atoms in total. The average Bonchev–Trinajstić information content (AvgIpc) is 2.62. The Hall–Kier alpha value is -3.42. The van der Waals surface area contributed by atoms with Gasteiger partial charge in [0.25, 0.3) is 0 Å². The second-order valence-corrected chi connectivity index (χ2v) is 4.93. The maximum atomic E-state index is 11.9. The van der Waals surface area contributed by atoms with Crippen molar-refractivity contribution >= 4 is 23.3 Å². The Kier molecular flexibility index (Phi) is 5.67. The summed E-state index contributed by atoms with van der Waals surface area (Å²) < 4.78 is 10.2. The predicted molar refractivity (Wildman–Crippen MR) is 89.9 cm³/mol. The van der Waals surface area contributed by atoms with Crippen molar-refractivity contribution in [1.82, 2.24) is 0 Å². The van der Waals surface area contributed by atoms with Gasteiger partial charge in [-0.2, -0.15) is 0 Å². The number of hydrogen-bond acceptors (Lipinski definition) is 6. The monoisotopic (exact) mass is 344 g/mol. The molecule has 0 aliphatic heterocycles. The molecule has 0 unspecified atom stereocenters. The van der Waals surface area contributed by atoms with Crippen LogP contribution in [0.5, 0.6) is 11.5 Å². The molecule has 0 spiro atoms. The van der Waals surface area contributed by atoms with Crippen molar-refractivity contribution in [1.29, 1.82) is 0 Å². The molecular weight excluding hydrogens is 328 g/mol. The summed E-state index contributed by atoms with van der Waals surface area (Å²) in [5.41, 5.74) is 0.152. The molecule has 0 saturated heterocycles. The number of nitrogens with one attached hydrogen (secondary N) is 1. The Balaban J connectivity index is 2.39. The molecule has 0 aliphatic carbocycles. The van der Waals surface area contributed by atoms with Crippen LogP contribution in [0.15, 0.2) is 42.5 Å². The lowest BCUT2D eigenvalue weighted by Crippen LogP contribution is -2.14. The molecule has 0 bridgehead atoms. The highest BCUT2D eigenvalue weighted by molar-refractivity contribution is 6.01. The zero-order chi connectivity index (χ0) is 18.4. The van der Waals surface area contributed by atoms with Gasteiger partial charge >= 0.3 is 11.7 Å². The summed E-state index contributed by atoms with van der Waals surface area (Å²) in [6, 6.07) is 10.2. The van der Waals surface area contributed by atoms with Crippen LogP contribution in [0.4, 0.5) is 11.4 Å². The van der Waals surface area contributed by atoms with Crippen LogP contribution in [0.2, 0.25) is 0 Å². The third kappa shape index (κ3) is 4.31. The number of carbonyl (C=O) groups is 2. The number of nitrogens with zero attached hydrogens (tertiary/aromatic N) is 1. The van der Waals surface area contributed by atoms with Crippen LogP contribution in [0.25, 0.3) is 0 Å². The van der Waals surface area contributed by atoms with Crippen molar-refractivity contribution in [3.8, 4) is 11.5 Å². The van der Waals surface area contributed by atoms with E-state index in [-0.39, 0.29) is 40.8 Å². The van der Waals surface area contributed by atoms with E-state index >= 15 is 0 Å². The van der Waals surface area contributed by atoms with Gasteiger partial charge < -0.3 is 14.8 Å². The molecule has 25 heavy (non-hydrogen) atoms. The third-order valence-electron chi connectivity index (χ3n) is 3.28. The Bertz CT molecular complexity index is 819. The van der Waals surface area contributed by atoms with Crippen molar-refractivity contribution in [2.45, 2.75) is 13.3 Å². The molecule has 8 heteroatoms. The summed E-state index contributed by atoms with van der Waals surface area (Å²) in [6.45, 7) is 1.68. The number of rotatable bonds is 6. The van der Waals surface area contributed by atoms with Gasteiger partial charge in [-0.25, -0.2) is 4.79 Å². The lowest BCUT2D eigenvalue weighted by Gasteiger charge is -2.12. The van der Waals surface area contributed by atoms with Gasteiger partial charge in [0.2, 0.25) is 11.7 Å². The van der Waals surface area contributed by atoms with Crippen LogP contribution < -0.4 is 10.1 Å². The van der Waals surface area contributed by atoms with Crippen molar-refractivity contribution in [3.05, 3.63) is 58.1 Å². The van der Waals surface area contributed by atoms with Crippen LogP contribution >= 0.6 is 0 Å². The fraction of sp³-hybridized carbons (Fsp3) is 0.176. The van der Waals surface area contributed by atoms with Gasteiger partial charge in [0.1, 0.15) is 5.75 Å². The second kappa shape index (κ2) is 7.91. The smallest absolute Gasteiger partial charge is 0.340 e. The number of esters is 1. The first-order valence-electron chi connectivity index (χ1n) is 7.39. The first-order valence-corrected chi connectivity index (χ1v) is 7.39. The molecule has 0 aliphatic rings. The molecule has 0 atom stereocenters. The van der Waals surface area contributed by atoms with Gasteiger partial charge in [0, 0.05) is 12.5 Å². The molecule has 2 aromatic rings. The fourth-order valence-electron chi connectivity index (χ4n) is 2.03. The summed E-state index contributed by atoms with van der Waals surface area (Å²) in [5.74, 6) is -0.699. The number of ether oxygens (including phenoxy) is 2. The number of nitro benzene ring substituents is 1. The molecule has 2 aromatic carbocycles. The third-order valence-corrected chi connectivity index (χ3v) is 3.28. The van der Waals surface area contributed by atoms with E-state index < -0.39 is 10.9 Å². The van der Waals surface area contributed by atoms with Crippen LogP contribution in [-0.4, -0.2) is 23.9 Å². The maximum Gasteiger partial charge on any atom is 0.340 e. The van der Waals surface area contributed by atoms with Crippen molar-refractivity contribution in [2.24, 2.45) is 0 Å². The minimum absolute atomic E-state index is 0.0358. The van der Waals surface area contributed by atoms with E-state index in [1.54, 1.807) is 13.0 Å². The van der Waals surface area contributed by atoms with Crippen LogP contribution in [0.3, 0.4) is 0 Å². The first kappa shape index (κ1) is 17.9. The predicted octanol–water partition coefficient (Wildman–Crippen LogP) is 3.52. The number of para-hydroxylation sites is 2. The summed E-state index contributed by atoms with van der Waals surface area (Å²) >= 11 is 0. The quantitative estimate of drug-likeness (QED) is 0.488. The molecule has 130 valence electrons. The first-order chi connectivity index (χ1) is 12.0.